The molecule has 2 N–H and O–H groups in total. The Kier molecular flexibility index (Phi) is 3.62. The van der Waals surface area contributed by atoms with Gasteiger partial charge in [-0.15, -0.1) is 11.3 Å². The van der Waals surface area contributed by atoms with Gasteiger partial charge in [0.15, 0.2) is 0 Å². The van der Waals surface area contributed by atoms with Crippen LogP contribution in [0.3, 0.4) is 0 Å². The molecule has 0 spiro atoms. The second-order valence-corrected chi connectivity index (χ2v) is 5.97. The first-order chi connectivity index (χ1) is 7.56. The van der Waals surface area contributed by atoms with Crippen molar-refractivity contribution in [2.45, 2.75) is 45.8 Å². The summed E-state index contributed by atoms with van der Waals surface area (Å²) in [6.07, 6.45) is 1.31. The zero-order valence-corrected chi connectivity index (χ0v) is 11.1. The van der Waals surface area contributed by atoms with Crippen molar-refractivity contribution in [1.82, 2.24) is 9.88 Å². The Morgan fingerprint density at radius 3 is 2.88 bits per heavy atom. The minimum atomic E-state index is 0.0636. The van der Waals surface area contributed by atoms with E-state index < -0.39 is 0 Å². The zero-order chi connectivity index (χ0) is 11.7. The van der Waals surface area contributed by atoms with E-state index in [0.29, 0.717) is 6.04 Å². The van der Waals surface area contributed by atoms with E-state index in [1.165, 1.54) is 18.7 Å². The van der Waals surface area contributed by atoms with Crippen LogP contribution < -0.4 is 5.73 Å². The molecule has 1 fully saturated rings. The Bertz CT molecular complexity index is 348. The number of aromatic nitrogens is 1. The summed E-state index contributed by atoms with van der Waals surface area (Å²) in [7, 11) is 0. The van der Waals surface area contributed by atoms with Crippen molar-refractivity contribution in [2.24, 2.45) is 11.7 Å². The van der Waals surface area contributed by atoms with Crippen LogP contribution >= 0.6 is 11.3 Å². The predicted molar refractivity (Wildman–Crippen MR) is 68.4 cm³/mol. The van der Waals surface area contributed by atoms with Crippen molar-refractivity contribution in [3.63, 3.8) is 0 Å². The lowest BCUT2D eigenvalue weighted by Crippen LogP contribution is -2.26. The fourth-order valence-electron chi connectivity index (χ4n) is 2.42. The molecule has 0 aliphatic carbocycles. The van der Waals surface area contributed by atoms with Crippen molar-refractivity contribution in [3.05, 3.63) is 16.1 Å². The van der Waals surface area contributed by atoms with Crippen LogP contribution in [-0.2, 0) is 6.54 Å². The van der Waals surface area contributed by atoms with Gasteiger partial charge in [-0.05, 0) is 26.2 Å². The summed E-state index contributed by atoms with van der Waals surface area (Å²) in [4.78, 5) is 7.10. The van der Waals surface area contributed by atoms with Crippen LogP contribution in [0.5, 0.6) is 0 Å². The third-order valence-corrected chi connectivity index (χ3v) is 4.33. The first-order valence-electron chi connectivity index (χ1n) is 6.00. The lowest BCUT2D eigenvalue weighted by Gasteiger charge is -2.19. The number of likely N-dealkylation sites (tertiary alicyclic amines) is 1. The fraction of sp³-hybridized carbons (Fsp3) is 0.750. The molecule has 2 heterocycles. The second-order valence-electron chi connectivity index (χ2n) is 5.09. The van der Waals surface area contributed by atoms with Crippen molar-refractivity contribution in [3.8, 4) is 0 Å². The average Bonchev–Trinajstić information content (AvgIpc) is 2.75. The molecule has 1 aliphatic heterocycles. The summed E-state index contributed by atoms with van der Waals surface area (Å²) >= 11 is 1.68. The van der Waals surface area contributed by atoms with Gasteiger partial charge in [0.2, 0.25) is 0 Å². The van der Waals surface area contributed by atoms with Crippen molar-refractivity contribution < 1.29 is 0 Å². The summed E-state index contributed by atoms with van der Waals surface area (Å²) in [6, 6.07) is 0.754. The first kappa shape index (κ1) is 12.0. The van der Waals surface area contributed by atoms with Crippen LogP contribution in [0.2, 0.25) is 0 Å². The first-order valence-corrected chi connectivity index (χ1v) is 6.88. The topological polar surface area (TPSA) is 42.1 Å². The maximum absolute atomic E-state index is 5.82. The molecule has 90 valence electrons. The Morgan fingerprint density at radius 2 is 2.38 bits per heavy atom. The molecular weight excluding hydrogens is 218 g/mol. The lowest BCUT2D eigenvalue weighted by molar-refractivity contribution is 0.254. The van der Waals surface area contributed by atoms with E-state index >= 15 is 0 Å². The molecule has 0 amide bonds. The SMILES string of the molecule is CC1CC(C)N(Cc2csc(C(C)N)n2)C1. The summed E-state index contributed by atoms with van der Waals surface area (Å²) in [6.45, 7) is 8.80. The third-order valence-electron chi connectivity index (χ3n) is 3.24. The summed E-state index contributed by atoms with van der Waals surface area (Å²) in [5.41, 5.74) is 7.00. The molecule has 3 atom stereocenters. The minimum Gasteiger partial charge on any atom is -0.322 e. The van der Waals surface area contributed by atoms with Crippen LogP contribution in [0.15, 0.2) is 5.38 Å². The molecule has 3 unspecified atom stereocenters. The predicted octanol–water partition coefficient (Wildman–Crippen LogP) is 2.39. The molecule has 1 saturated heterocycles. The Hall–Kier alpha value is -0.450. The lowest BCUT2D eigenvalue weighted by atomic mass is 10.1. The van der Waals surface area contributed by atoms with Gasteiger partial charge in [0, 0.05) is 24.5 Å². The molecule has 0 bridgehead atoms. The third kappa shape index (κ3) is 2.62. The molecule has 3 nitrogen and oxygen atoms in total. The standard InChI is InChI=1S/C12H21N3S/c1-8-4-9(2)15(5-8)6-11-7-16-12(14-11)10(3)13/h7-10H,4-6,13H2,1-3H3. The molecular formula is C12H21N3S. The smallest absolute Gasteiger partial charge is 0.109 e. The zero-order valence-electron chi connectivity index (χ0n) is 10.3. The van der Waals surface area contributed by atoms with E-state index in [1.807, 2.05) is 6.92 Å². The monoisotopic (exact) mass is 239 g/mol. The Balaban J connectivity index is 1.98. The molecule has 1 aromatic heterocycles. The molecule has 1 aromatic rings. The number of hydrogen-bond donors (Lipinski definition) is 1. The van der Waals surface area contributed by atoms with Crippen LogP contribution in [0, 0.1) is 5.92 Å². The number of nitrogens with two attached hydrogens (primary N) is 1. The van der Waals surface area contributed by atoms with E-state index in [1.54, 1.807) is 11.3 Å². The molecule has 0 aromatic carbocycles. The fourth-order valence-corrected chi connectivity index (χ4v) is 3.19. The van der Waals surface area contributed by atoms with Crippen molar-refractivity contribution >= 4 is 11.3 Å². The van der Waals surface area contributed by atoms with Crippen LogP contribution in [-0.4, -0.2) is 22.5 Å². The highest BCUT2D eigenvalue weighted by molar-refractivity contribution is 7.09. The highest BCUT2D eigenvalue weighted by atomic mass is 32.1. The van der Waals surface area contributed by atoms with Gasteiger partial charge in [0.1, 0.15) is 5.01 Å². The van der Waals surface area contributed by atoms with Gasteiger partial charge in [0.25, 0.3) is 0 Å². The quantitative estimate of drug-likeness (QED) is 0.880. The van der Waals surface area contributed by atoms with E-state index in [2.05, 4.69) is 29.1 Å². The Morgan fingerprint density at radius 1 is 1.62 bits per heavy atom. The second kappa shape index (κ2) is 4.82. The number of thiazole rings is 1. The highest BCUT2D eigenvalue weighted by Gasteiger charge is 2.26. The average molecular weight is 239 g/mol. The van der Waals surface area contributed by atoms with Gasteiger partial charge < -0.3 is 5.73 Å². The Labute approximate surface area is 102 Å². The molecule has 0 saturated carbocycles. The van der Waals surface area contributed by atoms with Crippen molar-refractivity contribution in [2.75, 3.05) is 6.54 Å². The van der Waals surface area contributed by atoms with Crippen molar-refractivity contribution in [1.29, 1.82) is 0 Å². The molecule has 1 aliphatic rings. The maximum atomic E-state index is 5.82. The largest absolute Gasteiger partial charge is 0.322 e. The van der Waals surface area contributed by atoms with E-state index in [9.17, 15) is 0 Å². The molecule has 2 rings (SSSR count). The van der Waals surface area contributed by atoms with Gasteiger partial charge >= 0.3 is 0 Å². The van der Waals surface area contributed by atoms with E-state index in [4.69, 9.17) is 5.73 Å². The van der Waals surface area contributed by atoms with Gasteiger partial charge in [0.05, 0.1) is 11.7 Å². The molecule has 4 heteroatoms. The number of nitrogens with zero attached hydrogens (tertiary/aromatic N) is 2. The highest BCUT2D eigenvalue weighted by Crippen LogP contribution is 2.25. The van der Waals surface area contributed by atoms with Crippen LogP contribution in [0.25, 0.3) is 0 Å². The summed E-state index contributed by atoms with van der Waals surface area (Å²) in [5.74, 6) is 0.821. The number of rotatable bonds is 3. The number of hydrogen-bond acceptors (Lipinski definition) is 4. The minimum absolute atomic E-state index is 0.0636. The maximum Gasteiger partial charge on any atom is 0.109 e. The van der Waals surface area contributed by atoms with E-state index in [0.717, 1.165) is 17.5 Å². The van der Waals surface area contributed by atoms with Gasteiger partial charge in [-0.3, -0.25) is 4.90 Å². The normalized spacial score (nSPS) is 28.5. The van der Waals surface area contributed by atoms with Gasteiger partial charge in [-0.1, -0.05) is 6.92 Å². The van der Waals surface area contributed by atoms with Crippen LogP contribution in [0.4, 0.5) is 0 Å². The molecule has 16 heavy (non-hydrogen) atoms. The van der Waals surface area contributed by atoms with Gasteiger partial charge in [-0.2, -0.15) is 0 Å². The molecule has 0 radical (unpaired) electrons. The van der Waals surface area contributed by atoms with E-state index in [-0.39, 0.29) is 6.04 Å². The van der Waals surface area contributed by atoms with Crippen LogP contribution in [0.1, 0.15) is 43.9 Å². The summed E-state index contributed by atoms with van der Waals surface area (Å²) < 4.78 is 0. The summed E-state index contributed by atoms with van der Waals surface area (Å²) in [5, 5.41) is 3.20. The van der Waals surface area contributed by atoms with Gasteiger partial charge in [-0.25, -0.2) is 4.98 Å².